The van der Waals surface area contributed by atoms with Crippen molar-refractivity contribution in [2.75, 3.05) is 0 Å². The van der Waals surface area contributed by atoms with E-state index in [2.05, 4.69) is 146 Å². The van der Waals surface area contributed by atoms with Crippen molar-refractivity contribution in [2.24, 2.45) is 0 Å². The molecule has 8 rings (SSSR count). The molecule has 0 N–H and O–H groups in total. The zero-order valence-electron chi connectivity index (χ0n) is 23.5. The molecule has 0 spiro atoms. The van der Waals surface area contributed by atoms with Gasteiger partial charge in [0.25, 0.3) is 0 Å². The van der Waals surface area contributed by atoms with E-state index in [1.165, 1.54) is 66.4 Å². The minimum Gasteiger partial charge on any atom is -0.309 e. The van der Waals surface area contributed by atoms with Gasteiger partial charge in [-0.15, -0.1) is 0 Å². The van der Waals surface area contributed by atoms with E-state index in [0.717, 1.165) is 11.3 Å². The van der Waals surface area contributed by atoms with Gasteiger partial charge in [0.1, 0.15) is 0 Å². The molecule has 196 valence electrons. The summed E-state index contributed by atoms with van der Waals surface area (Å²) in [5.41, 5.74) is 14.9. The van der Waals surface area contributed by atoms with Gasteiger partial charge in [-0.1, -0.05) is 86.6 Å². The van der Waals surface area contributed by atoms with E-state index < -0.39 is 0 Å². The molecule has 1 aliphatic carbocycles. The first kappa shape index (κ1) is 23.9. The highest BCUT2D eigenvalue weighted by Crippen LogP contribution is 2.51. The highest BCUT2D eigenvalue weighted by Gasteiger charge is 2.36. The molecular formula is C39H30N2. The number of hydrogen-bond acceptors (Lipinski definition) is 1. The molecule has 2 nitrogen and oxygen atoms in total. The Balaban J connectivity index is 1.40. The molecule has 0 fully saturated rings. The number of nitrogens with zero attached hydrogens (tertiary/aromatic N) is 2. The Morgan fingerprint density at radius 3 is 2.17 bits per heavy atom. The van der Waals surface area contributed by atoms with Gasteiger partial charge in [-0.3, -0.25) is 4.98 Å². The summed E-state index contributed by atoms with van der Waals surface area (Å²) >= 11 is 0. The van der Waals surface area contributed by atoms with Gasteiger partial charge < -0.3 is 4.57 Å². The normalized spacial score (nSPS) is 13.4. The van der Waals surface area contributed by atoms with E-state index in [1.54, 1.807) is 0 Å². The number of pyridine rings is 1. The maximum absolute atomic E-state index is 4.67. The number of hydrogen-bond donors (Lipinski definition) is 0. The predicted octanol–water partition coefficient (Wildman–Crippen LogP) is 10.1. The van der Waals surface area contributed by atoms with Crippen LogP contribution in [0, 0.1) is 6.92 Å². The largest absolute Gasteiger partial charge is 0.309 e. The number of benzene rings is 5. The lowest BCUT2D eigenvalue weighted by Crippen LogP contribution is -2.14. The molecule has 0 aliphatic heterocycles. The van der Waals surface area contributed by atoms with Crippen LogP contribution in [0.1, 0.15) is 30.5 Å². The standard InChI is InChI=1S/C39H30N2/c1-25-11-10-20-40-38(25)28-13-9-12-26(21-28)27-18-19-36-32(22-27)33-23-31-30-16-7-8-17-34(30)39(2,3)35(31)24-37(33)41(36)29-14-5-4-6-15-29/h4-24H,1-3H3. The average molecular weight is 527 g/mol. The van der Waals surface area contributed by atoms with Crippen molar-refractivity contribution in [1.29, 1.82) is 0 Å². The van der Waals surface area contributed by atoms with E-state index in [4.69, 9.17) is 0 Å². The summed E-state index contributed by atoms with van der Waals surface area (Å²) in [6.45, 7) is 6.83. The molecule has 0 amide bonds. The molecular weight excluding hydrogens is 496 g/mol. The van der Waals surface area contributed by atoms with Crippen LogP contribution in [0.25, 0.3) is 61.0 Å². The molecule has 5 aromatic carbocycles. The second-order valence-corrected chi connectivity index (χ2v) is 11.7. The van der Waals surface area contributed by atoms with Crippen LogP contribution in [0.3, 0.4) is 0 Å². The molecule has 7 aromatic rings. The van der Waals surface area contributed by atoms with E-state index >= 15 is 0 Å². The minimum absolute atomic E-state index is 0.0483. The molecule has 0 unspecified atom stereocenters. The summed E-state index contributed by atoms with van der Waals surface area (Å²) in [7, 11) is 0. The van der Waals surface area contributed by atoms with Crippen molar-refractivity contribution in [3.63, 3.8) is 0 Å². The van der Waals surface area contributed by atoms with Gasteiger partial charge in [0, 0.05) is 33.6 Å². The number of rotatable bonds is 3. The van der Waals surface area contributed by atoms with Crippen molar-refractivity contribution in [3.8, 4) is 39.2 Å². The fourth-order valence-electron chi connectivity index (χ4n) is 6.88. The molecule has 2 heterocycles. The van der Waals surface area contributed by atoms with Crippen molar-refractivity contribution < 1.29 is 0 Å². The van der Waals surface area contributed by atoms with Gasteiger partial charge in [-0.25, -0.2) is 0 Å². The van der Waals surface area contributed by atoms with Crippen LogP contribution in [-0.4, -0.2) is 9.55 Å². The lowest BCUT2D eigenvalue weighted by Gasteiger charge is -2.21. The zero-order chi connectivity index (χ0) is 27.7. The first-order valence-electron chi connectivity index (χ1n) is 14.3. The maximum atomic E-state index is 4.67. The van der Waals surface area contributed by atoms with E-state index in [-0.39, 0.29) is 5.41 Å². The highest BCUT2D eigenvalue weighted by molar-refractivity contribution is 6.12. The van der Waals surface area contributed by atoms with Crippen LogP contribution in [0.15, 0.2) is 128 Å². The molecule has 0 saturated heterocycles. The Morgan fingerprint density at radius 2 is 1.32 bits per heavy atom. The second-order valence-electron chi connectivity index (χ2n) is 11.7. The number of fused-ring (bicyclic) bond motifs is 6. The Morgan fingerprint density at radius 1 is 0.561 bits per heavy atom. The van der Waals surface area contributed by atoms with Crippen LogP contribution >= 0.6 is 0 Å². The summed E-state index contributed by atoms with van der Waals surface area (Å²) in [5, 5.41) is 2.56. The third kappa shape index (κ3) is 3.54. The number of para-hydroxylation sites is 1. The fraction of sp³-hybridized carbons (Fsp3) is 0.103. The molecule has 0 radical (unpaired) electrons. The fourth-order valence-corrected chi connectivity index (χ4v) is 6.88. The Hall–Kier alpha value is -4.95. The quantitative estimate of drug-likeness (QED) is 0.224. The van der Waals surface area contributed by atoms with Crippen LogP contribution < -0.4 is 0 Å². The average Bonchev–Trinajstić information content (AvgIpc) is 3.45. The van der Waals surface area contributed by atoms with E-state index in [1.807, 2.05) is 12.3 Å². The zero-order valence-corrected chi connectivity index (χ0v) is 23.5. The summed E-state index contributed by atoms with van der Waals surface area (Å²) in [5.74, 6) is 0. The minimum atomic E-state index is -0.0483. The molecule has 0 bridgehead atoms. The van der Waals surface area contributed by atoms with E-state index in [9.17, 15) is 0 Å². The first-order chi connectivity index (χ1) is 20.0. The van der Waals surface area contributed by atoms with E-state index in [0.29, 0.717) is 0 Å². The Kier molecular flexibility index (Phi) is 5.11. The van der Waals surface area contributed by atoms with Crippen LogP contribution in [0.4, 0.5) is 0 Å². The topological polar surface area (TPSA) is 17.8 Å². The Bertz CT molecular complexity index is 2130. The van der Waals surface area contributed by atoms with Crippen molar-refractivity contribution >= 4 is 21.8 Å². The van der Waals surface area contributed by atoms with Gasteiger partial charge in [0.15, 0.2) is 0 Å². The van der Waals surface area contributed by atoms with Crippen molar-refractivity contribution in [2.45, 2.75) is 26.2 Å². The van der Waals surface area contributed by atoms with Gasteiger partial charge in [0.05, 0.1) is 16.7 Å². The first-order valence-corrected chi connectivity index (χ1v) is 14.3. The number of aromatic nitrogens is 2. The van der Waals surface area contributed by atoms with Crippen LogP contribution in [0.2, 0.25) is 0 Å². The third-order valence-electron chi connectivity index (χ3n) is 8.96. The van der Waals surface area contributed by atoms with Gasteiger partial charge in [0.2, 0.25) is 0 Å². The smallest absolute Gasteiger partial charge is 0.0731 e. The summed E-state index contributed by atoms with van der Waals surface area (Å²) in [6.07, 6.45) is 1.87. The second kappa shape index (κ2) is 8.78. The summed E-state index contributed by atoms with van der Waals surface area (Å²) < 4.78 is 2.43. The third-order valence-corrected chi connectivity index (χ3v) is 8.96. The molecule has 0 saturated carbocycles. The van der Waals surface area contributed by atoms with Gasteiger partial charge in [-0.05, 0) is 94.4 Å². The molecule has 2 aromatic heterocycles. The van der Waals surface area contributed by atoms with Crippen LogP contribution in [0.5, 0.6) is 0 Å². The summed E-state index contributed by atoms with van der Waals surface area (Å²) in [6, 6.07) is 44.3. The lowest BCUT2D eigenvalue weighted by molar-refractivity contribution is 0.661. The number of aryl methyl sites for hydroxylation is 1. The Labute approximate surface area is 240 Å². The molecule has 41 heavy (non-hydrogen) atoms. The molecule has 0 atom stereocenters. The maximum Gasteiger partial charge on any atom is 0.0731 e. The molecule has 2 heteroatoms. The van der Waals surface area contributed by atoms with Gasteiger partial charge in [-0.2, -0.15) is 0 Å². The monoisotopic (exact) mass is 526 g/mol. The lowest BCUT2D eigenvalue weighted by atomic mass is 9.82. The van der Waals surface area contributed by atoms with Crippen molar-refractivity contribution in [1.82, 2.24) is 9.55 Å². The predicted molar refractivity (Wildman–Crippen MR) is 172 cm³/mol. The van der Waals surface area contributed by atoms with Crippen molar-refractivity contribution in [3.05, 3.63) is 144 Å². The summed E-state index contributed by atoms with van der Waals surface area (Å²) in [4.78, 5) is 4.67. The van der Waals surface area contributed by atoms with Gasteiger partial charge >= 0.3 is 0 Å². The SMILES string of the molecule is Cc1cccnc1-c1cccc(-c2ccc3c(c2)c2cc4c(cc2n3-c2ccccc2)C(C)(C)c2ccccc2-4)c1. The highest BCUT2D eigenvalue weighted by atomic mass is 15.0. The van der Waals surface area contributed by atoms with Crippen LogP contribution in [-0.2, 0) is 5.41 Å². The molecule has 1 aliphatic rings.